The summed E-state index contributed by atoms with van der Waals surface area (Å²) in [4.78, 5) is 10.6. The van der Waals surface area contributed by atoms with Crippen molar-refractivity contribution in [3.05, 3.63) is 52.7 Å². The summed E-state index contributed by atoms with van der Waals surface area (Å²) in [5.74, 6) is 3.20. The number of hydrogen-bond acceptors (Lipinski definition) is 10. The molecule has 0 saturated carbocycles. The van der Waals surface area contributed by atoms with Crippen molar-refractivity contribution in [2.24, 2.45) is 0 Å². The SMILES string of the molecule is COc1ccc(N2CCN([C@H](c3cc(OC)c(OC)c(OC)c3)c3sc4nc(C)nn4c3O)CC2)cc1. The standard InChI is InChI=1S/C26H31N5O5S/c1-16-27-26-31(28-16)25(32)24(37-26)22(17-14-20(34-3)23(36-5)21(15-17)35-4)30-12-10-29(11-13-30)18-6-8-19(33-2)9-7-18/h6-9,14-15,22,32H,10-13H2,1-5H3/t22-/m1/s1. The number of aromatic nitrogens is 3. The van der Waals surface area contributed by atoms with Gasteiger partial charge in [-0.1, -0.05) is 11.3 Å². The Kier molecular flexibility index (Phi) is 6.98. The van der Waals surface area contributed by atoms with Gasteiger partial charge in [0, 0.05) is 31.9 Å². The van der Waals surface area contributed by atoms with E-state index >= 15 is 0 Å². The second-order valence-corrected chi connectivity index (χ2v) is 9.73. The van der Waals surface area contributed by atoms with Gasteiger partial charge >= 0.3 is 0 Å². The molecule has 0 amide bonds. The van der Waals surface area contributed by atoms with E-state index in [1.807, 2.05) is 31.2 Å². The second kappa shape index (κ2) is 10.3. The highest BCUT2D eigenvalue weighted by molar-refractivity contribution is 7.17. The zero-order chi connectivity index (χ0) is 26.1. The highest BCUT2D eigenvalue weighted by Crippen LogP contribution is 2.45. The van der Waals surface area contributed by atoms with Crippen LogP contribution in [0.25, 0.3) is 4.96 Å². The van der Waals surface area contributed by atoms with Gasteiger partial charge in [0.2, 0.25) is 16.6 Å². The summed E-state index contributed by atoms with van der Waals surface area (Å²) < 4.78 is 23.6. The van der Waals surface area contributed by atoms with Crippen molar-refractivity contribution in [3.8, 4) is 28.9 Å². The Morgan fingerprint density at radius 2 is 1.54 bits per heavy atom. The van der Waals surface area contributed by atoms with Gasteiger partial charge in [0.05, 0.1) is 39.4 Å². The van der Waals surface area contributed by atoms with E-state index in [0.29, 0.717) is 28.0 Å². The molecule has 196 valence electrons. The van der Waals surface area contributed by atoms with Gasteiger partial charge in [-0.2, -0.15) is 4.52 Å². The van der Waals surface area contributed by atoms with Crippen LogP contribution in [-0.4, -0.2) is 79.2 Å². The van der Waals surface area contributed by atoms with Gasteiger partial charge in [-0.25, -0.2) is 4.98 Å². The van der Waals surface area contributed by atoms with E-state index in [9.17, 15) is 5.11 Å². The van der Waals surface area contributed by atoms with Crippen LogP contribution in [0, 0.1) is 6.92 Å². The number of methoxy groups -OCH3 is 4. The number of aromatic hydroxyl groups is 1. The fourth-order valence-corrected chi connectivity index (χ4v) is 6.01. The van der Waals surface area contributed by atoms with Crippen molar-refractivity contribution < 1.29 is 24.1 Å². The number of aryl methyl sites for hydroxylation is 1. The number of ether oxygens (including phenoxy) is 4. The van der Waals surface area contributed by atoms with E-state index in [4.69, 9.17) is 18.9 Å². The lowest BCUT2D eigenvalue weighted by molar-refractivity contribution is 0.210. The third kappa shape index (κ3) is 4.60. The normalized spacial score (nSPS) is 15.1. The predicted octanol–water partition coefficient (Wildman–Crippen LogP) is 3.75. The van der Waals surface area contributed by atoms with Gasteiger partial charge in [-0.15, -0.1) is 5.10 Å². The van der Waals surface area contributed by atoms with Gasteiger partial charge in [-0.3, -0.25) is 4.90 Å². The lowest BCUT2D eigenvalue weighted by atomic mass is 10.0. The third-order valence-electron chi connectivity index (χ3n) is 6.67. The van der Waals surface area contributed by atoms with Crippen LogP contribution < -0.4 is 23.8 Å². The molecule has 1 fully saturated rings. The van der Waals surface area contributed by atoms with Gasteiger partial charge in [-0.05, 0) is 48.9 Å². The maximum absolute atomic E-state index is 11.2. The largest absolute Gasteiger partial charge is 0.497 e. The van der Waals surface area contributed by atoms with Gasteiger partial charge in [0.25, 0.3) is 0 Å². The van der Waals surface area contributed by atoms with Crippen molar-refractivity contribution in [2.75, 3.05) is 59.5 Å². The summed E-state index contributed by atoms with van der Waals surface area (Å²) in [5.41, 5.74) is 2.07. The maximum atomic E-state index is 11.2. The average Bonchev–Trinajstić information content (AvgIpc) is 3.44. The molecule has 1 saturated heterocycles. The number of nitrogens with zero attached hydrogens (tertiary/aromatic N) is 5. The van der Waals surface area contributed by atoms with Crippen molar-refractivity contribution in [3.63, 3.8) is 0 Å². The van der Waals surface area contributed by atoms with Crippen LogP contribution in [0.2, 0.25) is 0 Å². The Morgan fingerprint density at radius 1 is 0.892 bits per heavy atom. The van der Waals surface area contributed by atoms with Crippen molar-refractivity contribution in [2.45, 2.75) is 13.0 Å². The van der Waals surface area contributed by atoms with Gasteiger partial charge in [0.1, 0.15) is 11.6 Å². The number of thiazole rings is 1. The lowest BCUT2D eigenvalue weighted by Crippen LogP contribution is -2.47. The summed E-state index contributed by atoms with van der Waals surface area (Å²) in [6.45, 7) is 5.02. The minimum absolute atomic E-state index is 0.0944. The molecule has 1 aliphatic heterocycles. The van der Waals surface area contributed by atoms with E-state index < -0.39 is 0 Å². The van der Waals surface area contributed by atoms with Crippen LogP contribution in [0.1, 0.15) is 22.3 Å². The Hall–Kier alpha value is -3.70. The van der Waals surface area contributed by atoms with Crippen LogP contribution in [0.15, 0.2) is 36.4 Å². The molecule has 37 heavy (non-hydrogen) atoms. The molecule has 0 spiro atoms. The van der Waals surface area contributed by atoms with Crippen LogP contribution in [0.3, 0.4) is 0 Å². The first-order valence-corrected chi connectivity index (χ1v) is 12.8. The zero-order valence-electron chi connectivity index (χ0n) is 21.6. The lowest BCUT2D eigenvalue weighted by Gasteiger charge is -2.40. The number of anilines is 1. The molecule has 10 nitrogen and oxygen atoms in total. The molecule has 11 heteroatoms. The topological polar surface area (TPSA) is 93.8 Å². The van der Waals surface area contributed by atoms with Crippen molar-refractivity contribution >= 4 is 22.0 Å². The molecule has 0 bridgehead atoms. The Balaban J connectivity index is 1.52. The number of hydrogen-bond donors (Lipinski definition) is 1. The first-order chi connectivity index (χ1) is 18.0. The molecule has 5 rings (SSSR count). The Bertz CT molecular complexity index is 1350. The zero-order valence-corrected chi connectivity index (χ0v) is 22.4. The van der Waals surface area contributed by atoms with E-state index in [0.717, 1.165) is 48.1 Å². The van der Waals surface area contributed by atoms with Crippen LogP contribution in [0.4, 0.5) is 5.69 Å². The molecular weight excluding hydrogens is 494 g/mol. The molecule has 1 atom stereocenters. The van der Waals surface area contributed by atoms with E-state index in [1.165, 1.54) is 15.9 Å². The number of rotatable bonds is 8. The molecule has 1 N–H and O–H groups in total. The van der Waals surface area contributed by atoms with Crippen molar-refractivity contribution in [1.82, 2.24) is 19.5 Å². The molecule has 0 radical (unpaired) electrons. The molecule has 0 aliphatic carbocycles. The number of fused-ring (bicyclic) bond motifs is 1. The monoisotopic (exact) mass is 525 g/mol. The van der Waals surface area contributed by atoms with Crippen LogP contribution in [-0.2, 0) is 0 Å². The first kappa shape index (κ1) is 25.0. The molecular formula is C26H31N5O5S. The fraction of sp³-hybridized carbons (Fsp3) is 0.385. The highest BCUT2D eigenvalue weighted by atomic mass is 32.1. The molecule has 2 aromatic heterocycles. The highest BCUT2D eigenvalue weighted by Gasteiger charge is 2.33. The summed E-state index contributed by atoms with van der Waals surface area (Å²) in [5, 5.41) is 15.6. The molecule has 3 heterocycles. The van der Waals surface area contributed by atoms with E-state index in [-0.39, 0.29) is 11.9 Å². The molecule has 2 aromatic carbocycles. The predicted molar refractivity (Wildman–Crippen MR) is 142 cm³/mol. The minimum Gasteiger partial charge on any atom is -0.497 e. The smallest absolute Gasteiger partial charge is 0.230 e. The van der Waals surface area contributed by atoms with E-state index in [2.05, 4.69) is 32.0 Å². The molecule has 1 aliphatic rings. The van der Waals surface area contributed by atoms with Gasteiger partial charge in [0.15, 0.2) is 11.5 Å². The summed E-state index contributed by atoms with van der Waals surface area (Å²) in [6.07, 6.45) is 0. The fourth-order valence-electron chi connectivity index (χ4n) is 4.84. The van der Waals surface area contributed by atoms with Gasteiger partial charge < -0.3 is 29.0 Å². The summed E-state index contributed by atoms with van der Waals surface area (Å²) in [7, 11) is 6.47. The minimum atomic E-state index is -0.263. The van der Waals surface area contributed by atoms with Crippen LogP contribution in [0.5, 0.6) is 28.9 Å². The van der Waals surface area contributed by atoms with Crippen molar-refractivity contribution in [1.29, 1.82) is 0 Å². The number of benzene rings is 2. The Morgan fingerprint density at radius 3 is 2.08 bits per heavy atom. The quantitative estimate of drug-likeness (QED) is 0.369. The van der Waals surface area contributed by atoms with E-state index in [1.54, 1.807) is 28.4 Å². The number of piperazine rings is 1. The molecule has 4 aromatic rings. The average molecular weight is 526 g/mol. The first-order valence-electron chi connectivity index (χ1n) is 11.9. The second-order valence-electron chi connectivity index (χ2n) is 8.73. The Labute approximate surface area is 219 Å². The summed E-state index contributed by atoms with van der Waals surface area (Å²) in [6, 6.07) is 11.8. The third-order valence-corrected chi connectivity index (χ3v) is 7.75. The summed E-state index contributed by atoms with van der Waals surface area (Å²) >= 11 is 1.44. The maximum Gasteiger partial charge on any atom is 0.230 e. The van der Waals surface area contributed by atoms with Crippen LogP contribution >= 0.6 is 11.3 Å². The molecule has 0 unspecified atom stereocenters.